The molecule has 0 N–H and O–H groups in total. The quantitative estimate of drug-likeness (QED) is 0.429. The van der Waals surface area contributed by atoms with Crippen molar-refractivity contribution in [1.29, 1.82) is 0 Å². The molecule has 5 nitrogen and oxygen atoms in total. The summed E-state index contributed by atoms with van der Waals surface area (Å²) >= 11 is 1.50. The zero-order valence-corrected chi connectivity index (χ0v) is 16.5. The van der Waals surface area contributed by atoms with E-state index < -0.39 is 0 Å². The van der Waals surface area contributed by atoms with Gasteiger partial charge in [-0.1, -0.05) is 53.7 Å². The average Bonchev–Trinajstić information content (AvgIpc) is 3.16. The maximum atomic E-state index is 12.7. The van der Waals surface area contributed by atoms with E-state index in [4.69, 9.17) is 4.74 Å². The summed E-state index contributed by atoms with van der Waals surface area (Å²) in [5.74, 6) is 0.910. The summed E-state index contributed by atoms with van der Waals surface area (Å²) in [6.07, 6.45) is 1.65. The molecule has 0 amide bonds. The van der Waals surface area contributed by atoms with Crippen molar-refractivity contribution in [2.45, 2.75) is 26.3 Å². The van der Waals surface area contributed by atoms with Gasteiger partial charge in [-0.05, 0) is 43.0 Å². The number of ether oxygens (including phenoxy) is 1. The Labute approximate surface area is 167 Å². The lowest BCUT2D eigenvalue weighted by Gasteiger charge is -2.08. The first-order valence-corrected chi connectivity index (χ1v) is 10.2. The van der Waals surface area contributed by atoms with Crippen LogP contribution in [0.2, 0.25) is 0 Å². The summed E-state index contributed by atoms with van der Waals surface area (Å²) in [5, 5.41) is 8.99. The molecule has 2 heterocycles. The first kappa shape index (κ1) is 18.4. The van der Waals surface area contributed by atoms with Crippen LogP contribution in [-0.4, -0.2) is 21.6 Å². The van der Waals surface area contributed by atoms with Crippen LogP contribution in [0.4, 0.5) is 0 Å². The lowest BCUT2D eigenvalue weighted by molar-refractivity contribution is 0.299. The predicted molar refractivity (Wildman–Crippen MR) is 113 cm³/mol. The number of para-hydroxylation sites is 1. The van der Waals surface area contributed by atoms with Crippen LogP contribution in [0.1, 0.15) is 18.4 Å². The molecule has 0 aliphatic heterocycles. The lowest BCUT2D eigenvalue weighted by atomic mass is 10.2. The van der Waals surface area contributed by atoms with E-state index in [0.29, 0.717) is 23.4 Å². The Morgan fingerprint density at radius 2 is 1.82 bits per heavy atom. The number of aromatic nitrogens is 3. The van der Waals surface area contributed by atoms with E-state index in [1.165, 1.54) is 16.0 Å². The molecule has 0 saturated carbocycles. The normalized spacial score (nSPS) is 11.0. The maximum Gasteiger partial charge on any atom is 0.278 e. The molecule has 4 rings (SSSR count). The second kappa shape index (κ2) is 8.35. The van der Waals surface area contributed by atoms with Crippen LogP contribution in [0.15, 0.2) is 65.5 Å². The Hall–Kier alpha value is -2.99. The Balaban J connectivity index is 1.40. The van der Waals surface area contributed by atoms with E-state index in [0.717, 1.165) is 34.6 Å². The number of nitrogens with zero attached hydrogens (tertiary/aromatic N) is 3. The minimum atomic E-state index is -0.0803. The van der Waals surface area contributed by atoms with Crippen molar-refractivity contribution in [3.05, 3.63) is 76.6 Å². The molecule has 0 atom stereocenters. The number of unbranched alkanes of at least 4 members (excludes halogenated alkanes) is 1. The zero-order valence-electron chi connectivity index (χ0n) is 15.7. The third-order valence-electron chi connectivity index (χ3n) is 4.59. The summed E-state index contributed by atoms with van der Waals surface area (Å²) in [6.45, 7) is 3.19. The number of hydrogen-bond acceptors (Lipinski definition) is 5. The van der Waals surface area contributed by atoms with Gasteiger partial charge in [0, 0.05) is 11.4 Å². The highest BCUT2D eigenvalue weighted by molar-refractivity contribution is 7.21. The van der Waals surface area contributed by atoms with Gasteiger partial charge in [-0.25, -0.2) is 4.68 Å². The summed E-state index contributed by atoms with van der Waals surface area (Å²) < 4.78 is 7.26. The summed E-state index contributed by atoms with van der Waals surface area (Å²) in [4.78, 5) is 14.5. The molecule has 0 aliphatic rings. The first-order valence-electron chi connectivity index (χ1n) is 9.33. The Morgan fingerprint density at radius 1 is 1.04 bits per heavy atom. The molecule has 142 valence electrons. The minimum absolute atomic E-state index is 0.0803. The Kier molecular flexibility index (Phi) is 5.48. The van der Waals surface area contributed by atoms with Gasteiger partial charge in [-0.2, -0.15) is 0 Å². The third-order valence-corrected chi connectivity index (χ3v) is 5.66. The van der Waals surface area contributed by atoms with Crippen molar-refractivity contribution < 1.29 is 4.74 Å². The second-order valence-electron chi connectivity index (χ2n) is 6.63. The topological polar surface area (TPSA) is 57.0 Å². The van der Waals surface area contributed by atoms with Crippen LogP contribution < -0.4 is 10.3 Å². The molecule has 6 heteroatoms. The number of benzene rings is 2. The molecule has 0 bridgehead atoms. The van der Waals surface area contributed by atoms with Crippen molar-refractivity contribution in [3.8, 4) is 16.2 Å². The zero-order chi connectivity index (χ0) is 19.3. The van der Waals surface area contributed by atoms with Crippen LogP contribution in [-0.2, 0) is 6.54 Å². The highest BCUT2D eigenvalue weighted by atomic mass is 32.1. The predicted octanol–water partition coefficient (Wildman–Crippen LogP) is 4.69. The van der Waals surface area contributed by atoms with Crippen LogP contribution in [0.5, 0.6) is 5.75 Å². The van der Waals surface area contributed by atoms with E-state index >= 15 is 0 Å². The van der Waals surface area contributed by atoms with Gasteiger partial charge < -0.3 is 4.74 Å². The highest BCUT2D eigenvalue weighted by Crippen LogP contribution is 2.30. The van der Waals surface area contributed by atoms with Gasteiger partial charge >= 0.3 is 0 Å². The van der Waals surface area contributed by atoms with E-state index in [1.807, 2.05) is 67.6 Å². The van der Waals surface area contributed by atoms with Crippen LogP contribution in [0.3, 0.4) is 0 Å². The molecule has 0 unspecified atom stereocenters. The Morgan fingerprint density at radius 3 is 2.64 bits per heavy atom. The molecular formula is C22H21N3O2S. The summed E-state index contributed by atoms with van der Waals surface area (Å²) in [6, 6.07) is 19.9. The number of aryl methyl sites for hydroxylation is 2. The molecule has 4 aromatic rings. The van der Waals surface area contributed by atoms with Crippen LogP contribution in [0, 0.1) is 6.92 Å². The molecule has 0 aliphatic carbocycles. The molecule has 2 aromatic heterocycles. The minimum Gasteiger partial charge on any atom is -0.493 e. The van der Waals surface area contributed by atoms with Crippen molar-refractivity contribution in [2.75, 3.05) is 6.61 Å². The standard InChI is InChI=1S/C22H21N3O2S/c1-16-9-5-6-12-19(16)27-14-8-7-13-25-22(26)18-15-20(28-21(18)23-24-25)17-10-3-2-4-11-17/h2-6,9-12,15H,7-8,13-14H2,1H3. The van der Waals surface area contributed by atoms with Gasteiger partial charge in [0.1, 0.15) is 5.75 Å². The fourth-order valence-corrected chi connectivity index (χ4v) is 4.01. The molecule has 0 radical (unpaired) electrons. The van der Waals surface area contributed by atoms with Crippen molar-refractivity contribution in [3.63, 3.8) is 0 Å². The molecule has 2 aromatic carbocycles. The molecule has 0 fully saturated rings. The number of fused-ring (bicyclic) bond motifs is 1. The van der Waals surface area contributed by atoms with Gasteiger partial charge in [0.05, 0.1) is 12.0 Å². The van der Waals surface area contributed by atoms with Gasteiger partial charge in [0.15, 0.2) is 4.83 Å². The van der Waals surface area contributed by atoms with Gasteiger partial charge in [0.25, 0.3) is 5.56 Å². The van der Waals surface area contributed by atoms with Crippen molar-refractivity contribution >= 4 is 21.6 Å². The molecular weight excluding hydrogens is 370 g/mol. The summed E-state index contributed by atoms with van der Waals surface area (Å²) in [5.41, 5.74) is 2.13. The van der Waals surface area contributed by atoms with Crippen molar-refractivity contribution in [1.82, 2.24) is 15.0 Å². The van der Waals surface area contributed by atoms with E-state index in [2.05, 4.69) is 10.3 Å². The van der Waals surface area contributed by atoms with Crippen LogP contribution in [0.25, 0.3) is 20.7 Å². The second-order valence-corrected chi connectivity index (χ2v) is 7.66. The van der Waals surface area contributed by atoms with Gasteiger partial charge in [-0.3, -0.25) is 4.79 Å². The first-order chi connectivity index (χ1) is 13.7. The third kappa shape index (κ3) is 3.97. The number of hydrogen-bond donors (Lipinski definition) is 0. The Bertz CT molecular complexity index is 1140. The molecule has 0 spiro atoms. The van der Waals surface area contributed by atoms with Crippen molar-refractivity contribution in [2.24, 2.45) is 0 Å². The smallest absolute Gasteiger partial charge is 0.278 e. The lowest BCUT2D eigenvalue weighted by Crippen LogP contribution is -2.23. The fraction of sp³-hybridized carbons (Fsp3) is 0.227. The molecule has 28 heavy (non-hydrogen) atoms. The maximum absolute atomic E-state index is 12.7. The van der Waals surface area contributed by atoms with E-state index in [9.17, 15) is 4.79 Å². The van der Waals surface area contributed by atoms with E-state index in [1.54, 1.807) is 0 Å². The SMILES string of the molecule is Cc1ccccc1OCCCCn1nnc2sc(-c3ccccc3)cc2c1=O. The number of rotatable bonds is 7. The largest absolute Gasteiger partial charge is 0.493 e. The fourth-order valence-electron chi connectivity index (χ4n) is 3.04. The highest BCUT2D eigenvalue weighted by Gasteiger charge is 2.11. The van der Waals surface area contributed by atoms with Crippen LogP contribution >= 0.6 is 11.3 Å². The molecule has 0 saturated heterocycles. The summed E-state index contributed by atoms with van der Waals surface area (Å²) in [7, 11) is 0. The van der Waals surface area contributed by atoms with E-state index in [-0.39, 0.29) is 5.56 Å². The average molecular weight is 391 g/mol. The van der Waals surface area contributed by atoms with Gasteiger partial charge in [-0.15, -0.1) is 16.4 Å². The monoisotopic (exact) mass is 391 g/mol. The van der Waals surface area contributed by atoms with Gasteiger partial charge in [0.2, 0.25) is 0 Å². The number of thiophene rings is 1.